The fourth-order valence-corrected chi connectivity index (χ4v) is 7.50. The van der Waals surface area contributed by atoms with Gasteiger partial charge < -0.3 is 0 Å². The molecule has 0 radical (unpaired) electrons. The fraction of sp³-hybridized carbons (Fsp3) is 0.422. The summed E-state index contributed by atoms with van der Waals surface area (Å²) in [5.74, 6) is 5.28. The van der Waals surface area contributed by atoms with Crippen molar-refractivity contribution in [1.82, 2.24) is 0 Å². The third kappa shape index (κ3) is 8.79. The van der Waals surface area contributed by atoms with Gasteiger partial charge in [0.15, 0.2) is 0 Å². The third-order valence-electron chi connectivity index (χ3n) is 10.9. The number of aryl methyl sites for hydroxylation is 2. The van der Waals surface area contributed by atoms with E-state index >= 15 is 0 Å². The van der Waals surface area contributed by atoms with Crippen LogP contribution in [0.1, 0.15) is 112 Å². The van der Waals surface area contributed by atoms with E-state index in [-0.39, 0.29) is 0 Å². The van der Waals surface area contributed by atoms with E-state index in [1.54, 1.807) is 0 Å². The number of hydrogen-bond acceptors (Lipinski definition) is 0. The second kappa shape index (κ2) is 15.1. The van der Waals surface area contributed by atoms with Gasteiger partial charge in [0.1, 0.15) is 0 Å². The summed E-state index contributed by atoms with van der Waals surface area (Å²) in [5, 5.41) is 0. The first kappa shape index (κ1) is 32.8. The van der Waals surface area contributed by atoms with E-state index in [1.165, 1.54) is 77.5 Å². The maximum absolute atomic E-state index is 5.91. The minimum absolute atomic E-state index is 0.353. The highest BCUT2D eigenvalue weighted by atomic mass is 14.3. The van der Waals surface area contributed by atoms with E-state index in [0.717, 1.165) is 37.2 Å². The summed E-state index contributed by atoms with van der Waals surface area (Å²) in [5.41, 5.74) is 11.2. The molecule has 0 N–H and O–H groups in total. The third-order valence-corrected chi connectivity index (χ3v) is 10.9. The van der Waals surface area contributed by atoms with Crippen LogP contribution in [-0.4, -0.2) is 0 Å². The van der Waals surface area contributed by atoms with Crippen LogP contribution in [0.2, 0.25) is 0 Å². The van der Waals surface area contributed by atoms with Gasteiger partial charge in [0.2, 0.25) is 0 Å². The fourth-order valence-electron chi connectivity index (χ4n) is 7.50. The lowest BCUT2D eigenvalue weighted by molar-refractivity contribution is 0.252. The van der Waals surface area contributed by atoms with Crippen LogP contribution in [0.4, 0.5) is 0 Å². The Balaban J connectivity index is 1.27. The van der Waals surface area contributed by atoms with Crippen molar-refractivity contribution in [1.29, 1.82) is 0 Å². The van der Waals surface area contributed by atoms with Crippen molar-refractivity contribution < 1.29 is 0 Å². The molecule has 0 saturated heterocycles. The molecule has 0 aromatic heterocycles. The maximum atomic E-state index is 5.91. The number of allylic oxidation sites excluding steroid dienone is 5. The Kier molecular flexibility index (Phi) is 11.0. The Bertz CT molecular complexity index is 1510. The zero-order valence-corrected chi connectivity index (χ0v) is 28.3. The second-order valence-corrected chi connectivity index (χ2v) is 14.7. The largest absolute Gasteiger partial charge is 0.115 e. The van der Waals surface area contributed by atoms with Crippen LogP contribution in [0.25, 0.3) is 5.57 Å². The average Bonchev–Trinajstić information content (AvgIpc) is 3.51. The van der Waals surface area contributed by atoms with Gasteiger partial charge in [-0.1, -0.05) is 137 Å². The molecule has 0 amide bonds. The van der Waals surface area contributed by atoms with Crippen LogP contribution in [-0.2, 0) is 19.3 Å². The first-order valence-electron chi connectivity index (χ1n) is 17.5. The van der Waals surface area contributed by atoms with E-state index in [9.17, 15) is 0 Å². The van der Waals surface area contributed by atoms with Gasteiger partial charge >= 0.3 is 0 Å². The highest BCUT2D eigenvalue weighted by molar-refractivity contribution is 5.76. The summed E-state index contributed by atoms with van der Waals surface area (Å²) in [7, 11) is 0. The molecule has 1 saturated carbocycles. The predicted octanol–water partition coefficient (Wildman–Crippen LogP) is 11.9. The molecule has 3 aromatic rings. The van der Waals surface area contributed by atoms with Crippen LogP contribution in [0.15, 0.2) is 103 Å². The monoisotopic (exact) mass is 594 g/mol. The molecule has 45 heavy (non-hydrogen) atoms. The first-order valence-corrected chi connectivity index (χ1v) is 17.5. The van der Waals surface area contributed by atoms with Crippen LogP contribution >= 0.6 is 0 Å². The number of rotatable bonds is 13. The van der Waals surface area contributed by atoms with Crippen LogP contribution in [0.5, 0.6) is 0 Å². The summed E-state index contributed by atoms with van der Waals surface area (Å²) in [4.78, 5) is 0. The average molecular weight is 595 g/mol. The van der Waals surface area contributed by atoms with Crippen LogP contribution in [0, 0.1) is 35.5 Å². The highest BCUT2D eigenvalue weighted by Gasteiger charge is 2.30. The quantitative estimate of drug-likeness (QED) is 0.136. The highest BCUT2D eigenvalue weighted by Crippen LogP contribution is 2.44. The van der Waals surface area contributed by atoms with Crippen molar-refractivity contribution in [2.75, 3.05) is 0 Å². The lowest BCUT2D eigenvalue weighted by atomic mass is 9.69. The van der Waals surface area contributed by atoms with Crippen molar-refractivity contribution in [3.8, 4) is 12.3 Å². The van der Waals surface area contributed by atoms with E-state index < -0.39 is 0 Å². The van der Waals surface area contributed by atoms with Gasteiger partial charge in [-0.25, -0.2) is 0 Å². The number of terminal acetylenes is 1. The van der Waals surface area contributed by atoms with E-state index in [1.807, 2.05) is 0 Å². The SMILES string of the molecule is C#Cc1ccc(CC2CCC(C(C(=C)CCc3ccccc3)c3ccc(C4=CC(C)C=C4)cc3)CC2)cc1CCC(C)(C)CC. The molecule has 2 unspecified atom stereocenters. The Hall–Kier alpha value is -3.56. The van der Waals surface area contributed by atoms with Gasteiger partial charge in [-0.05, 0) is 120 Å². The Morgan fingerprint density at radius 3 is 2.31 bits per heavy atom. The first-order chi connectivity index (χ1) is 21.7. The normalized spacial score (nSPS) is 20.4. The zero-order chi connectivity index (χ0) is 31.8. The minimum Gasteiger partial charge on any atom is -0.115 e. The summed E-state index contributed by atoms with van der Waals surface area (Å²) >= 11 is 0. The van der Waals surface area contributed by atoms with E-state index in [2.05, 4.69) is 125 Å². The molecular formula is C45H54. The summed E-state index contributed by atoms with van der Waals surface area (Å²) in [6.07, 6.45) is 24.7. The van der Waals surface area contributed by atoms with E-state index in [0.29, 0.717) is 23.2 Å². The maximum Gasteiger partial charge on any atom is 0.0274 e. The molecule has 0 heterocycles. The molecule has 0 spiro atoms. The molecule has 3 aromatic carbocycles. The minimum atomic E-state index is 0.353. The molecule has 234 valence electrons. The van der Waals surface area contributed by atoms with Crippen molar-refractivity contribution in [3.05, 3.63) is 137 Å². The van der Waals surface area contributed by atoms with Gasteiger partial charge in [0, 0.05) is 11.5 Å². The molecule has 2 aliphatic carbocycles. The van der Waals surface area contributed by atoms with Crippen LogP contribution in [0.3, 0.4) is 0 Å². The van der Waals surface area contributed by atoms with Crippen LogP contribution < -0.4 is 0 Å². The second-order valence-electron chi connectivity index (χ2n) is 14.7. The molecule has 2 aliphatic rings. The van der Waals surface area contributed by atoms with Gasteiger partial charge in [-0.3, -0.25) is 0 Å². The summed E-state index contributed by atoms with van der Waals surface area (Å²) in [6.45, 7) is 14.0. The Morgan fingerprint density at radius 1 is 0.933 bits per heavy atom. The molecule has 0 aliphatic heterocycles. The summed E-state index contributed by atoms with van der Waals surface area (Å²) in [6, 6.07) is 27.3. The summed E-state index contributed by atoms with van der Waals surface area (Å²) < 4.78 is 0. The van der Waals surface area contributed by atoms with Gasteiger partial charge in [0.05, 0.1) is 0 Å². The number of benzene rings is 3. The topological polar surface area (TPSA) is 0 Å². The smallest absolute Gasteiger partial charge is 0.0274 e. The Labute approximate surface area is 274 Å². The van der Waals surface area contributed by atoms with Crippen molar-refractivity contribution in [3.63, 3.8) is 0 Å². The van der Waals surface area contributed by atoms with E-state index in [4.69, 9.17) is 13.0 Å². The Morgan fingerprint density at radius 2 is 1.67 bits per heavy atom. The van der Waals surface area contributed by atoms with Crippen molar-refractivity contribution in [2.45, 2.75) is 97.8 Å². The molecule has 0 bridgehead atoms. The van der Waals surface area contributed by atoms with Crippen molar-refractivity contribution in [2.24, 2.45) is 23.2 Å². The predicted molar refractivity (Wildman–Crippen MR) is 195 cm³/mol. The molecule has 0 heteroatoms. The lowest BCUT2D eigenvalue weighted by Gasteiger charge is -2.36. The lowest BCUT2D eigenvalue weighted by Crippen LogP contribution is -2.23. The molecule has 2 atom stereocenters. The standard InChI is InChI=1S/C45H54/c1-7-38-21-19-37(32-43(38)28-29-45(5,6)8-2)31-36-17-22-40(23-18-36)44(34(4)15-16-35-12-10-9-11-13-35)41-26-24-39(25-27-41)42-20-14-33(3)30-42/h1,9-14,19-21,24-27,30,32-33,36,40,44H,4,8,15-18,22-23,28-29,31H2,2-3,5-6H3. The molecule has 1 fully saturated rings. The number of hydrogen-bond donors (Lipinski definition) is 0. The van der Waals surface area contributed by atoms with Crippen molar-refractivity contribution >= 4 is 5.57 Å². The van der Waals surface area contributed by atoms with Gasteiger partial charge in [-0.2, -0.15) is 0 Å². The molecular weight excluding hydrogens is 540 g/mol. The van der Waals surface area contributed by atoms with Gasteiger partial charge in [0.25, 0.3) is 0 Å². The molecule has 5 rings (SSSR count). The van der Waals surface area contributed by atoms with Gasteiger partial charge in [-0.15, -0.1) is 6.42 Å². The molecule has 0 nitrogen and oxygen atoms in total. The zero-order valence-electron chi connectivity index (χ0n) is 28.3.